The number of halogens is 1. The summed E-state index contributed by atoms with van der Waals surface area (Å²) in [6, 6.07) is 20.2. The molecule has 1 aliphatic carbocycles. The third-order valence-electron chi connectivity index (χ3n) is 7.82. The van der Waals surface area contributed by atoms with Gasteiger partial charge in [-0.05, 0) is 67.4 Å². The molecule has 1 fully saturated rings. The number of hydrogen-bond donors (Lipinski definition) is 2. The van der Waals surface area contributed by atoms with Gasteiger partial charge in [0.25, 0.3) is 0 Å². The summed E-state index contributed by atoms with van der Waals surface area (Å²) in [5.74, 6) is 0.974. The van der Waals surface area contributed by atoms with Crippen LogP contribution in [-0.4, -0.2) is 51.2 Å². The molecule has 2 N–H and O–H groups in total. The van der Waals surface area contributed by atoms with Crippen LogP contribution in [0.25, 0.3) is 21.9 Å². The minimum Gasteiger partial charge on any atom is -0.497 e. The molecule has 3 atom stereocenters. The maximum absolute atomic E-state index is 6.39. The van der Waals surface area contributed by atoms with Crippen molar-refractivity contribution in [3.8, 4) is 5.75 Å². The summed E-state index contributed by atoms with van der Waals surface area (Å²) in [5, 5.41) is 9.34. The maximum Gasteiger partial charge on any atom is 0.164 e. The number of fused-ring (bicyclic) bond motifs is 3. The van der Waals surface area contributed by atoms with Crippen molar-refractivity contribution in [2.24, 2.45) is 0 Å². The molecule has 7 rings (SSSR count). The molecular weight excluding hydrogens is 552 g/mol. The average Bonchev–Trinajstić information content (AvgIpc) is 3.66. The summed E-state index contributed by atoms with van der Waals surface area (Å²) in [6.45, 7) is 5.18. The largest absolute Gasteiger partial charge is 0.497 e. The van der Waals surface area contributed by atoms with Gasteiger partial charge in [0.2, 0.25) is 0 Å². The van der Waals surface area contributed by atoms with Gasteiger partial charge in [-0.2, -0.15) is 0 Å². The Labute approximate surface area is 248 Å². The fourth-order valence-corrected chi connectivity index (χ4v) is 5.97. The molecule has 0 saturated carbocycles. The molecule has 0 bridgehead atoms. The highest BCUT2D eigenvalue weighted by Gasteiger charge is 2.50. The Bertz CT molecular complexity index is 1800. The van der Waals surface area contributed by atoms with Gasteiger partial charge in [0.15, 0.2) is 5.79 Å². The van der Waals surface area contributed by atoms with Crippen molar-refractivity contribution < 1.29 is 14.2 Å². The average molecular weight is 583 g/mol. The van der Waals surface area contributed by atoms with Crippen molar-refractivity contribution in [2.75, 3.05) is 24.3 Å². The van der Waals surface area contributed by atoms with Gasteiger partial charge in [-0.15, -0.1) is 0 Å². The van der Waals surface area contributed by atoms with Crippen LogP contribution in [0.2, 0.25) is 5.15 Å². The van der Waals surface area contributed by atoms with Gasteiger partial charge in [0, 0.05) is 30.4 Å². The molecule has 1 saturated heterocycles. The molecule has 5 aromatic rings. The minimum atomic E-state index is -0.690. The van der Waals surface area contributed by atoms with Crippen LogP contribution in [0.4, 0.5) is 11.5 Å². The van der Waals surface area contributed by atoms with Crippen molar-refractivity contribution in [3.63, 3.8) is 0 Å². The summed E-state index contributed by atoms with van der Waals surface area (Å²) < 4.78 is 20.1. The predicted molar refractivity (Wildman–Crippen MR) is 164 cm³/mol. The fraction of sp³-hybridized carbons (Fsp3) is 0.281. The molecule has 9 nitrogen and oxygen atoms in total. The molecular formula is C32H31ClN6O3. The van der Waals surface area contributed by atoms with E-state index in [2.05, 4.69) is 55.5 Å². The van der Waals surface area contributed by atoms with E-state index in [-0.39, 0.29) is 18.2 Å². The van der Waals surface area contributed by atoms with E-state index in [0.717, 1.165) is 50.3 Å². The first-order valence-corrected chi connectivity index (χ1v) is 14.3. The van der Waals surface area contributed by atoms with Crippen molar-refractivity contribution in [1.82, 2.24) is 19.5 Å². The van der Waals surface area contributed by atoms with E-state index < -0.39 is 5.79 Å². The van der Waals surface area contributed by atoms with E-state index in [9.17, 15) is 0 Å². The molecule has 10 heteroatoms. The lowest BCUT2D eigenvalue weighted by molar-refractivity contribution is -0.147. The number of pyridine rings is 1. The number of hydrogen-bond acceptors (Lipinski definition) is 8. The van der Waals surface area contributed by atoms with Gasteiger partial charge in [-0.1, -0.05) is 35.9 Å². The normalized spacial score (nSPS) is 21.0. The number of nitrogens with one attached hydrogen (secondary N) is 2. The Morgan fingerprint density at radius 1 is 0.976 bits per heavy atom. The van der Waals surface area contributed by atoms with E-state index in [1.165, 1.54) is 6.33 Å². The maximum atomic E-state index is 6.39. The summed E-state index contributed by atoms with van der Waals surface area (Å²) >= 11 is 6.33. The van der Waals surface area contributed by atoms with Gasteiger partial charge in [0.05, 0.1) is 24.1 Å². The third kappa shape index (κ3) is 5.04. The molecule has 2 aromatic carbocycles. The summed E-state index contributed by atoms with van der Waals surface area (Å²) in [7, 11) is 1.67. The molecule has 4 heterocycles. The minimum absolute atomic E-state index is 0.0883. The highest BCUT2D eigenvalue weighted by Crippen LogP contribution is 2.44. The van der Waals surface area contributed by atoms with Crippen molar-refractivity contribution >= 4 is 45.0 Å². The van der Waals surface area contributed by atoms with Gasteiger partial charge in [-0.25, -0.2) is 15.0 Å². The number of methoxy groups -OCH3 is 1. The molecule has 3 aromatic heterocycles. The monoisotopic (exact) mass is 582 g/mol. The zero-order valence-electron chi connectivity index (χ0n) is 23.5. The lowest BCUT2D eigenvalue weighted by Gasteiger charge is -2.22. The van der Waals surface area contributed by atoms with Crippen LogP contribution < -0.4 is 15.4 Å². The second-order valence-electron chi connectivity index (χ2n) is 11.0. The number of anilines is 2. The lowest BCUT2D eigenvalue weighted by Crippen LogP contribution is -2.28. The van der Waals surface area contributed by atoms with Crippen molar-refractivity contribution in [2.45, 2.75) is 44.4 Å². The van der Waals surface area contributed by atoms with Gasteiger partial charge < -0.3 is 29.4 Å². The predicted octanol–water partition coefficient (Wildman–Crippen LogP) is 6.37. The Kier molecular flexibility index (Phi) is 6.73. The van der Waals surface area contributed by atoms with Crippen LogP contribution in [0.15, 0.2) is 84.8 Å². The number of aromatic nitrogens is 4. The van der Waals surface area contributed by atoms with E-state index in [1.54, 1.807) is 7.11 Å². The quantitative estimate of drug-likeness (QED) is 0.161. The summed E-state index contributed by atoms with van der Waals surface area (Å²) in [4.78, 5) is 13.5. The summed E-state index contributed by atoms with van der Waals surface area (Å²) in [6.07, 6.45) is 5.33. The molecule has 0 amide bonds. The van der Waals surface area contributed by atoms with Crippen LogP contribution in [0, 0.1) is 0 Å². The molecule has 0 unspecified atom stereocenters. The lowest BCUT2D eigenvalue weighted by atomic mass is 10.1. The smallest absolute Gasteiger partial charge is 0.164 e. The standard InChI is InChI=1S/C32H31ClN6O3/c1-32(2)41-28-21(14-26(29(28)42-32)39-13-12-24-30(33)36-18-37-31(24)39)17-34-22-8-6-20-7-11-27(38-25(20)15-22)35-16-19-4-9-23(40-3)10-5-19/h4-15,18,26,28-29,34H,16-17H2,1-3H3,(H,35,38)/t26-,28-,29+/m1/s1. The van der Waals surface area contributed by atoms with Crippen LogP contribution >= 0.6 is 11.6 Å². The van der Waals surface area contributed by atoms with Crippen LogP contribution in [0.5, 0.6) is 5.75 Å². The van der Waals surface area contributed by atoms with Crippen molar-refractivity contribution in [3.05, 3.63) is 95.6 Å². The highest BCUT2D eigenvalue weighted by molar-refractivity contribution is 6.33. The van der Waals surface area contributed by atoms with Crippen molar-refractivity contribution in [1.29, 1.82) is 0 Å². The van der Waals surface area contributed by atoms with Crippen LogP contribution in [0.3, 0.4) is 0 Å². The van der Waals surface area contributed by atoms with E-state index in [0.29, 0.717) is 18.2 Å². The third-order valence-corrected chi connectivity index (χ3v) is 8.12. The first kappa shape index (κ1) is 26.7. The zero-order chi connectivity index (χ0) is 28.8. The van der Waals surface area contributed by atoms with E-state index >= 15 is 0 Å². The number of benzene rings is 2. The molecule has 42 heavy (non-hydrogen) atoms. The van der Waals surface area contributed by atoms with Gasteiger partial charge >= 0.3 is 0 Å². The number of nitrogens with zero attached hydrogens (tertiary/aromatic N) is 4. The number of ether oxygens (including phenoxy) is 3. The zero-order valence-corrected chi connectivity index (χ0v) is 24.3. The van der Waals surface area contributed by atoms with E-state index in [1.807, 2.05) is 56.4 Å². The highest BCUT2D eigenvalue weighted by atomic mass is 35.5. The Morgan fingerprint density at radius 2 is 1.81 bits per heavy atom. The molecule has 2 aliphatic rings. The first-order valence-electron chi connectivity index (χ1n) is 13.9. The molecule has 214 valence electrons. The Morgan fingerprint density at radius 3 is 2.64 bits per heavy atom. The Hall–Kier alpha value is -4.18. The molecule has 0 spiro atoms. The second-order valence-corrected chi connectivity index (χ2v) is 11.4. The SMILES string of the molecule is COc1ccc(CNc2ccc3ccc(NCC4=C[C@@H](n5ccc6c(Cl)ncnc65)[C@@H]5OC(C)(C)O[C@H]45)cc3n2)cc1. The summed E-state index contributed by atoms with van der Waals surface area (Å²) in [5.41, 5.74) is 4.94. The Balaban J connectivity index is 1.09. The van der Waals surface area contributed by atoms with Crippen LogP contribution in [-0.2, 0) is 16.0 Å². The first-order chi connectivity index (χ1) is 20.4. The van der Waals surface area contributed by atoms with Crippen LogP contribution in [0.1, 0.15) is 25.5 Å². The molecule has 0 radical (unpaired) electrons. The number of rotatable bonds is 8. The van der Waals surface area contributed by atoms with E-state index in [4.69, 9.17) is 30.8 Å². The second kappa shape index (κ2) is 10.6. The topological polar surface area (TPSA) is 95.4 Å². The molecule has 1 aliphatic heterocycles. The van der Waals surface area contributed by atoms with Gasteiger partial charge in [-0.3, -0.25) is 0 Å². The fourth-order valence-electron chi connectivity index (χ4n) is 5.78. The van der Waals surface area contributed by atoms with Gasteiger partial charge in [0.1, 0.15) is 40.9 Å².